The fourth-order valence-corrected chi connectivity index (χ4v) is 9.47. The van der Waals surface area contributed by atoms with E-state index < -0.39 is 17.0 Å². The lowest BCUT2D eigenvalue weighted by atomic mass is 9.46. The molecule has 142 valence electrons. The van der Waals surface area contributed by atoms with E-state index in [1.165, 1.54) is 0 Å². The summed E-state index contributed by atoms with van der Waals surface area (Å²) in [6.07, 6.45) is 10.8. The van der Waals surface area contributed by atoms with Gasteiger partial charge in [0.05, 0.1) is 17.6 Å². The van der Waals surface area contributed by atoms with Gasteiger partial charge < -0.3 is 15.3 Å². The molecule has 4 aliphatic rings. The van der Waals surface area contributed by atoms with Gasteiger partial charge in [0.2, 0.25) is 0 Å². The molecule has 25 heavy (non-hydrogen) atoms. The number of carbonyl (C=O) groups is 1. The minimum atomic E-state index is -0.911. The third-order valence-electron chi connectivity index (χ3n) is 8.90. The predicted molar refractivity (Wildman–Crippen MR) is 98.5 cm³/mol. The number of carboxylic acids is 1. The van der Waals surface area contributed by atoms with Gasteiger partial charge >= 0.3 is 5.97 Å². The first kappa shape index (κ1) is 18.1. The number of thioether (sulfide) groups is 1. The summed E-state index contributed by atoms with van der Waals surface area (Å²) in [6, 6.07) is 0. The van der Waals surface area contributed by atoms with Crippen LogP contribution in [0.3, 0.4) is 0 Å². The number of aliphatic hydroxyl groups is 2. The molecule has 0 aliphatic heterocycles. The maximum absolute atomic E-state index is 12.2. The van der Waals surface area contributed by atoms with Crippen molar-refractivity contribution in [3.05, 3.63) is 0 Å². The summed E-state index contributed by atoms with van der Waals surface area (Å²) >= 11 is 1.92. The second-order valence-electron chi connectivity index (χ2n) is 9.66. The molecule has 4 rings (SSSR count). The van der Waals surface area contributed by atoms with Crippen LogP contribution in [0.25, 0.3) is 0 Å². The molecule has 0 aromatic rings. The SMILES string of the molecule is CSC12CCCC(C)(C(=O)O)C1CCC13CC(CCC12)C(O)(CO)C3. The van der Waals surface area contributed by atoms with Gasteiger partial charge in [-0.25, -0.2) is 0 Å². The molecule has 5 heteroatoms. The fourth-order valence-electron chi connectivity index (χ4n) is 7.80. The molecule has 7 unspecified atom stereocenters. The normalized spacial score (nSPS) is 54.6. The largest absolute Gasteiger partial charge is 0.481 e. The van der Waals surface area contributed by atoms with E-state index in [1.54, 1.807) is 0 Å². The van der Waals surface area contributed by atoms with E-state index >= 15 is 0 Å². The van der Waals surface area contributed by atoms with E-state index in [-0.39, 0.29) is 28.6 Å². The monoisotopic (exact) mass is 368 g/mol. The lowest BCUT2D eigenvalue weighted by molar-refractivity contribution is -0.161. The average molecular weight is 369 g/mol. The Morgan fingerprint density at radius 2 is 1.92 bits per heavy atom. The number of aliphatic carboxylic acids is 1. The molecule has 0 heterocycles. The Morgan fingerprint density at radius 3 is 2.56 bits per heavy atom. The zero-order valence-electron chi connectivity index (χ0n) is 15.5. The Balaban J connectivity index is 1.76. The van der Waals surface area contributed by atoms with Gasteiger partial charge in [0.1, 0.15) is 0 Å². The fraction of sp³-hybridized carbons (Fsp3) is 0.950. The van der Waals surface area contributed by atoms with E-state index in [0.717, 1.165) is 51.4 Å². The number of rotatable bonds is 3. The van der Waals surface area contributed by atoms with E-state index in [0.29, 0.717) is 12.3 Å². The van der Waals surface area contributed by atoms with Crippen molar-refractivity contribution >= 4 is 17.7 Å². The average Bonchev–Trinajstić information content (AvgIpc) is 2.81. The molecule has 0 saturated heterocycles. The summed E-state index contributed by atoms with van der Waals surface area (Å²) in [4.78, 5) is 12.2. The van der Waals surface area contributed by atoms with E-state index in [1.807, 2.05) is 18.7 Å². The molecule has 4 nitrogen and oxygen atoms in total. The van der Waals surface area contributed by atoms with Gasteiger partial charge in [-0.15, -0.1) is 0 Å². The van der Waals surface area contributed by atoms with Gasteiger partial charge in [0, 0.05) is 4.75 Å². The summed E-state index contributed by atoms with van der Waals surface area (Å²) < 4.78 is 0.0231. The lowest BCUT2D eigenvalue weighted by Crippen LogP contribution is -2.62. The van der Waals surface area contributed by atoms with Crippen molar-refractivity contribution < 1.29 is 20.1 Å². The van der Waals surface area contributed by atoms with E-state index in [4.69, 9.17) is 0 Å². The van der Waals surface area contributed by atoms with Crippen molar-refractivity contribution in [2.24, 2.45) is 28.6 Å². The highest BCUT2D eigenvalue weighted by molar-refractivity contribution is 8.00. The third-order valence-corrected chi connectivity index (χ3v) is 10.4. The lowest BCUT2D eigenvalue weighted by Gasteiger charge is -2.63. The van der Waals surface area contributed by atoms with Gasteiger partial charge in [-0.1, -0.05) is 6.42 Å². The molecular formula is C20H32O4S. The predicted octanol–water partition coefficient (Wildman–Crippen LogP) is 3.30. The highest BCUT2D eigenvalue weighted by atomic mass is 32.2. The molecule has 0 amide bonds. The zero-order chi connectivity index (χ0) is 18.1. The van der Waals surface area contributed by atoms with Crippen molar-refractivity contribution in [2.75, 3.05) is 12.9 Å². The molecule has 2 bridgehead atoms. The van der Waals surface area contributed by atoms with Gasteiger partial charge in [-0.3, -0.25) is 4.79 Å². The Bertz CT molecular complexity index is 582. The molecular weight excluding hydrogens is 336 g/mol. The second kappa shape index (κ2) is 5.62. The summed E-state index contributed by atoms with van der Waals surface area (Å²) in [5.41, 5.74) is -1.42. The summed E-state index contributed by atoms with van der Waals surface area (Å²) in [5.74, 6) is 0.290. The van der Waals surface area contributed by atoms with Gasteiger partial charge in [0.25, 0.3) is 0 Å². The highest BCUT2D eigenvalue weighted by Crippen LogP contribution is 2.72. The number of aliphatic hydroxyl groups excluding tert-OH is 1. The van der Waals surface area contributed by atoms with E-state index in [2.05, 4.69) is 6.26 Å². The summed E-state index contributed by atoms with van der Waals surface area (Å²) in [6.45, 7) is 1.85. The molecule has 3 N–H and O–H groups in total. The first-order valence-corrected chi connectivity index (χ1v) is 11.1. The number of hydrogen-bond acceptors (Lipinski definition) is 4. The van der Waals surface area contributed by atoms with Crippen molar-refractivity contribution in [1.29, 1.82) is 0 Å². The first-order chi connectivity index (χ1) is 11.8. The van der Waals surface area contributed by atoms with Crippen molar-refractivity contribution in [3.8, 4) is 0 Å². The highest BCUT2D eigenvalue weighted by Gasteiger charge is 2.69. The number of fused-ring (bicyclic) bond motifs is 3. The third kappa shape index (κ3) is 2.18. The summed E-state index contributed by atoms with van der Waals surface area (Å²) in [5, 5.41) is 30.8. The maximum Gasteiger partial charge on any atom is 0.309 e. The van der Waals surface area contributed by atoms with Crippen LogP contribution in [-0.4, -0.2) is 44.5 Å². The van der Waals surface area contributed by atoms with Crippen LogP contribution in [0.4, 0.5) is 0 Å². The van der Waals surface area contributed by atoms with Crippen LogP contribution >= 0.6 is 11.8 Å². The zero-order valence-corrected chi connectivity index (χ0v) is 16.3. The molecule has 1 spiro atoms. The van der Waals surface area contributed by atoms with Gasteiger partial charge in [-0.2, -0.15) is 11.8 Å². The number of hydrogen-bond donors (Lipinski definition) is 3. The van der Waals surface area contributed by atoms with Crippen LogP contribution in [0.15, 0.2) is 0 Å². The van der Waals surface area contributed by atoms with E-state index in [9.17, 15) is 20.1 Å². The Hall–Kier alpha value is -0.260. The molecule has 4 saturated carbocycles. The van der Waals surface area contributed by atoms with Crippen LogP contribution in [0.1, 0.15) is 64.7 Å². The quantitative estimate of drug-likeness (QED) is 0.712. The Kier molecular flexibility index (Phi) is 4.07. The van der Waals surface area contributed by atoms with Crippen LogP contribution in [-0.2, 0) is 4.79 Å². The minimum absolute atomic E-state index is 0.0231. The Labute approximate surface area is 154 Å². The van der Waals surface area contributed by atoms with Crippen molar-refractivity contribution in [3.63, 3.8) is 0 Å². The minimum Gasteiger partial charge on any atom is -0.481 e. The molecule has 4 aliphatic carbocycles. The van der Waals surface area contributed by atoms with Crippen LogP contribution in [0, 0.1) is 28.6 Å². The first-order valence-electron chi connectivity index (χ1n) is 9.88. The van der Waals surface area contributed by atoms with Crippen molar-refractivity contribution in [1.82, 2.24) is 0 Å². The Morgan fingerprint density at radius 1 is 1.16 bits per heavy atom. The maximum atomic E-state index is 12.2. The molecule has 4 fully saturated rings. The van der Waals surface area contributed by atoms with Crippen LogP contribution in [0.2, 0.25) is 0 Å². The summed E-state index contributed by atoms with van der Waals surface area (Å²) in [7, 11) is 0. The smallest absolute Gasteiger partial charge is 0.309 e. The molecule has 0 radical (unpaired) electrons. The van der Waals surface area contributed by atoms with Gasteiger partial charge in [0.15, 0.2) is 0 Å². The van der Waals surface area contributed by atoms with Gasteiger partial charge in [-0.05, 0) is 87.7 Å². The topological polar surface area (TPSA) is 77.8 Å². The molecule has 0 aromatic carbocycles. The van der Waals surface area contributed by atoms with Crippen LogP contribution < -0.4 is 0 Å². The molecule has 0 aromatic heterocycles. The van der Waals surface area contributed by atoms with Crippen molar-refractivity contribution in [2.45, 2.75) is 75.1 Å². The standard InChI is InChI=1S/C20H32O4S/c1-17(16(22)23)7-3-8-20(25-2)14(17)6-9-18-10-13(4-5-15(18)20)19(24,11-18)12-21/h13-15,21,24H,3-12H2,1-2H3,(H,22,23). The molecule has 7 atom stereocenters. The number of carboxylic acid groups (broad SMARTS) is 1. The van der Waals surface area contributed by atoms with Crippen LogP contribution in [0.5, 0.6) is 0 Å². The second-order valence-corrected chi connectivity index (χ2v) is 10.8.